The predicted octanol–water partition coefficient (Wildman–Crippen LogP) is 3.75. The summed E-state index contributed by atoms with van der Waals surface area (Å²) in [7, 11) is 1.90. The van der Waals surface area contributed by atoms with Crippen LogP contribution in [0, 0.1) is 13.8 Å². The Bertz CT molecular complexity index is 556. The first-order valence-electron chi connectivity index (χ1n) is 6.78. The first-order chi connectivity index (χ1) is 9.15. The molecule has 0 fully saturated rings. The molecular formula is C16H21N3. The molecule has 1 N–H and O–H groups in total. The van der Waals surface area contributed by atoms with E-state index in [4.69, 9.17) is 4.98 Å². The molecule has 0 aliphatic heterocycles. The highest BCUT2D eigenvalue weighted by molar-refractivity contribution is 5.65. The molecule has 0 saturated heterocycles. The van der Waals surface area contributed by atoms with Gasteiger partial charge in [-0.3, -0.25) is 0 Å². The fourth-order valence-electron chi connectivity index (χ4n) is 2.29. The molecule has 1 aromatic heterocycles. The van der Waals surface area contributed by atoms with Crippen LogP contribution < -0.4 is 5.32 Å². The summed E-state index contributed by atoms with van der Waals surface area (Å²) < 4.78 is 0. The minimum absolute atomic E-state index is 0.825. The number of hydrogen-bond acceptors (Lipinski definition) is 3. The molecule has 0 amide bonds. The van der Waals surface area contributed by atoms with Crippen molar-refractivity contribution in [1.29, 1.82) is 0 Å². The van der Waals surface area contributed by atoms with Crippen LogP contribution in [0.25, 0.3) is 11.4 Å². The van der Waals surface area contributed by atoms with E-state index in [2.05, 4.69) is 49.3 Å². The Morgan fingerprint density at radius 1 is 1.11 bits per heavy atom. The molecule has 1 heterocycles. The predicted molar refractivity (Wildman–Crippen MR) is 80.5 cm³/mol. The quantitative estimate of drug-likeness (QED) is 0.904. The van der Waals surface area contributed by atoms with Crippen molar-refractivity contribution >= 4 is 5.82 Å². The smallest absolute Gasteiger partial charge is 0.162 e. The van der Waals surface area contributed by atoms with E-state index in [1.165, 1.54) is 11.1 Å². The Labute approximate surface area is 115 Å². The van der Waals surface area contributed by atoms with Gasteiger partial charge >= 0.3 is 0 Å². The third kappa shape index (κ3) is 2.92. The second-order valence-electron chi connectivity index (χ2n) is 4.83. The van der Waals surface area contributed by atoms with Crippen LogP contribution in [0.4, 0.5) is 5.82 Å². The number of nitrogens with one attached hydrogen (secondary N) is 1. The van der Waals surface area contributed by atoms with E-state index in [1.807, 2.05) is 13.1 Å². The van der Waals surface area contributed by atoms with Crippen LogP contribution in [-0.2, 0) is 6.42 Å². The van der Waals surface area contributed by atoms with Crippen LogP contribution in [0.1, 0.15) is 30.2 Å². The minimum atomic E-state index is 0.825. The molecule has 3 nitrogen and oxygen atoms in total. The first-order valence-corrected chi connectivity index (χ1v) is 6.78. The molecule has 1 aromatic carbocycles. The summed E-state index contributed by atoms with van der Waals surface area (Å²) in [5.74, 6) is 1.71. The maximum atomic E-state index is 4.71. The maximum absolute atomic E-state index is 4.71. The average Bonchev–Trinajstić information content (AvgIpc) is 2.38. The number of nitrogens with zero attached hydrogens (tertiary/aromatic N) is 2. The molecule has 0 aliphatic carbocycles. The van der Waals surface area contributed by atoms with Gasteiger partial charge in [0.25, 0.3) is 0 Å². The highest BCUT2D eigenvalue weighted by Gasteiger charge is 2.10. The maximum Gasteiger partial charge on any atom is 0.162 e. The van der Waals surface area contributed by atoms with Gasteiger partial charge in [0.2, 0.25) is 0 Å². The lowest BCUT2D eigenvalue weighted by Gasteiger charge is -2.11. The second kappa shape index (κ2) is 5.83. The molecule has 3 heteroatoms. The molecule has 0 spiro atoms. The Morgan fingerprint density at radius 2 is 1.79 bits per heavy atom. The van der Waals surface area contributed by atoms with Crippen LogP contribution in [0.5, 0.6) is 0 Å². The number of aryl methyl sites for hydroxylation is 3. The van der Waals surface area contributed by atoms with Gasteiger partial charge in [-0.05, 0) is 31.4 Å². The van der Waals surface area contributed by atoms with E-state index in [0.29, 0.717) is 0 Å². The second-order valence-corrected chi connectivity index (χ2v) is 4.83. The van der Waals surface area contributed by atoms with Gasteiger partial charge in [0, 0.05) is 24.4 Å². The third-order valence-electron chi connectivity index (χ3n) is 3.25. The van der Waals surface area contributed by atoms with Gasteiger partial charge in [-0.1, -0.05) is 31.5 Å². The van der Waals surface area contributed by atoms with E-state index < -0.39 is 0 Å². The van der Waals surface area contributed by atoms with Gasteiger partial charge < -0.3 is 5.32 Å². The number of benzene rings is 1. The van der Waals surface area contributed by atoms with Gasteiger partial charge in [-0.25, -0.2) is 9.97 Å². The largest absolute Gasteiger partial charge is 0.373 e. The van der Waals surface area contributed by atoms with E-state index in [0.717, 1.165) is 35.7 Å². The average molecular weight is 255 g/mol. The van der Waals surface area contributed by atoms with E-state index >= 15 is 0 Å². The Balaban J connectivity index is 2.57. The molecule has 0 saturated carbocycles. The number of aromatic nitrogens is 2. The number of hydrogen-bond donors (Lipinski definition) is 1. The molecule has 19 heavy (non-hydrogen) atoms. The summed E-state index contributed by atoms with van der Waals surface area (Å²) in [6, 6.07) is 8.32. The topological polar surface area (TPSA) is 37.8 Å². The summed E-state index contributed by atoms with van der Waals surface area (Å²) >= 11 is 0. The molecular weight excluding hydrogens is 234 g/mol. The summed E-state index contributed by atoms with van der Waals surface area (Å²) in [5, 5.41) is 3.12. The van der Waals surface area contributed by atoms with Gasteiger partial charge in [0.15, 0.2) is 5.82 Å². The molecule has 0 unspecified atom stereocenters. The van der Waals surface area contributed by atoms with Crippen LogP contribution in [0.15, 0.2) is 24.3 Å². The van der Waals surface area contributed by atoms with Crippen LogP contribution in [0.2, 0.25) is 0 Å². The lowest BCUT2D eigenvalue weighted by Crippen LogP contribution is -2.02. The SMILES string of the molecule is CCCc1cc(NC)nc(-c2c(C)cccc2C)n1. The highest BCUT2D eigenvalue weighted by Crippen LogP contribution is 2.25. The zero-order valence-corrected chi connectivity index (χ0v) is 12.1. The minimum Gasteiger partial charge on any atom is -0.373 e. The standard InChI is InChI=1S/C16H21N3/c1-5-7-13-10-14(17-4)19-16(18-13)15-11(2)8-6-9-12(15)3/h6,8-10H,5,7H2,1-4H3,(H,17,18,19). The van der Waals surface area contributed by atoms with E-state index in [9.17, 15) is 0 Å². The molecule has 2 rings (SSSR count). The van der Waals surface area contributed by atoms with Crippen LogP contribution in [0.3, 0.4) is 0 Å². The van der Waals surface area contributed by atoms with Gasteiger partial charge in [0.05, 0.1) is 0 Å². The molecule has 0 bridgehead atoms. The Hall–Kier alpha value is -1.90. The van der Waals surface area contributed by atoms with Gasteiger partial charge in [-0.2, -0.15) is 0 Å². The lowest BCUT2D eigenvalue weighted by atomic mass is 10.0. The van der Waals surface area contributed by atoms with Crippen LogP contribution >= 0.6 is 0 Å². The lowest BCUT2D eigenvalue weighted by molar-refractivity contribution is 0.875. The fourth-order valence-corrected chi connectivity index (χ4v) is 2.29. The van der Waals surface area contributed by atoms with E-state index in [1.54, 1.807) is 0 Å². The van der Waals surface area contributed by atoms with Crippen molar-refractivity contribution in [3.05, 3.63) is 41.1 Å². The third-order valence-corrected chi connectivity index (χ3v) is 3.25. The summed E-state index contributed by atoms with van der Waals surface area (Å²) in [4.78, 5) is 9.32. The monoisotopic (exact) mass is 255 g/mol. The van der Waals surface area contributed by atoms with Crippen molar-refractivity contribution in [2.75, 3.05) is 12.4 Å². The summed E-state index contributed by atoms with van der Waals surface area (Å²) in [6.07, 6.45) is 2.07. The number of anilines is 1. The zero-order chi connectivity index (χ0) is 13.8. The summed E-state index contributed by atoms with van der Waals surface area (Å²) in [6.45, 7) is 6.38. The van der Waals surface area contributed by atoms with Gasteiger partial charge in [-0.15, -0.1) is 0 Å². The Morgan fingerprint density at radius 3 is 2.37 bits per heavy atom. The molecule has 0 radical (unpaired) electrons. The van der Waals surface area contributed by atoms with Gasteiger partial charge in [0.1, 0.15) is 5.82 Å². The molecule has 100 valence electrons. The molecule has 0 aliphatic rings. The van der Waals surface area contributed by atoms with Crippen molar-refractivity contribution in [2.45, 2.75) is 33.6 Å². The first kappa shape index (κ1) is 13.5. The Kier molecular flexibility index (Phi) is 4.15. The highest BCUT2D eigenvalue weighted by atomic mass is 15.0. The molecule has 2 aromatic rings. The van der Waals surface area contributed by atoms with Crippen molar-refractivity contribution in [3.63, 3.8) is 0 Å². The van der Waals surface area contributed by atoms with Crippen LogP contribution in [-0.4, -0.2) is 17.0 Å². The molecule has 0 atom stereocenters. The fraction of sp³-hybridized carbons (Fsp3) is 0.375. The van der Waals surface area contributed by atoms with Crippen molar-refractivity contribution in [2.24, 2.45) is 0 Å². The van der Waals surface area contributed by atoms with Crippen molar-refractivity contribution in [3.8, 4) is 11.4 Å². The number of rotatable bonds is 4. The summed E-state index contributed by atoms with van der Waals surface area (Å²) in [5.41, 5.74) is 4.68. The zero-order valence-electron chi connectivity index (χ0n) is 12.1. The van der Waals surface area contributed by atoms with Crippen molar-refractivity contribution < 1.29 is 0 Å². The van der Waals surface area contributed by atoms with Crippen molar-refractivity contribution in [1.82, 2.24) is 9.97 Å². The normalized spacial score (nSPS) is 10.5. The van der Waals surface area contributed by atoms with E-state index in [-0.39, 0.29) is 0 Å².